The number of piperidine rings is 1. The number of likely N-dealkylation sites (tertiary alicyclic amines) is 1. The summed E-state index contributed by atoms with van der Waals surface area (Å²) in [5.41, 5.74) is 7.22. The van der Waals surface area contributed by atoms with Gasteiger partial charge in [-0.3, -0.25) is 9.59 Å². The van der Waals surface area contributed by atoms with Crippen LogP contribution in [0.4, 0.5) is 4.79 Å². The van der Waals surface area contributed by atoms with Crippen LogP contribution in [0.3, 0.4) is 0 Å². The molecule has 2 aromatic carbocycles. The molecule has 3 rings (SSSR count). The number of rotatable bonds is 12. The van der Waals surface area contributed by atoms with Gasteiger partial charge in [-0.25, -0.2) is 4.79 Å². The summed E-state index contributed by atoms with van der Waals surface area (Å²) < 4.78 is 21.5. The van der Waals surface area contributed by atoms with E-state index >= 15 is 0 Å². The molecule has 0 saturated carbocycles. The quantitative estimate of drug-likeness (QED) is 0.308. The van der Waals surface area contributed by atoms with Crippen molar-refractivity contribution in [3.05, 3.63) is 59.7 Å². The van der Waals surface area contributed by atoms with Crippen LogP contribution in [0.2, 0.25) is 0 Å². The third kappa shape index (κ3) is 8.98. The number of carbonyl (C=O) groups excluding carboxylic acids is 3. The number of nitrogens with two attached hydrogens (primary N) is 1. The zero-order valence-corrected chi connectivity index (χ0v) is 22.1. The number of carbonyl (C=O) groups is 3. The van der Waals surface area contributed by atoms with Crippen molar-refractivity contribution >= 4 is 29.8 Å². The lowest BCUT2D eigenvalue weighted by Gasteiger charge is -2.29. The maximum atomic E-state index is 12.5. The van der Waals surface area contributed by atoms with Crippen molar-refractivity contribution in [2.75, 3.05) is 40.5 Å². The van der Waals surface area contributed by atoms with E-state index < -0.39 is 6.09 Å². The van der Waals surface area contributed by atoms with Gasteiger partial charge in [0, 0.05) is 19.1 Å². The van der Waals surface area contributed by atoms with Crippen LogP contribution in [0.15, 0.2) is 48.6 Å². The fourth-order valence-corrected chi connectivity index (χ4v) is 3.84. The molecule has 208 valence electrons. The van der Waals surface area contributed by atoms with Crippen molar-refractivity contribution in [2.45, 2.75) is 25.3 Å². The molecule has 0 aromatic heterocycles. The van der Waals surface area contributed by atoms with Gasteiger partial charge in [0.25, 0.3) is 0 Å². The number of hydrogen-bond donors (Lipinski definition) is 2. The summed E-state index contributed by atoms with van der Waals surface area (Å²) in [4.78, 5) is 38.7. The highest BCUT2D eigenvalue weighted by Gasteiger charge is 2.23. The second-order valence-electron chi connectivity index (χ2n) is 8.86. The zero-order valence-electron chi connectivity index (χ0n) is 22.1. The molecule has 0 aliphatic carbocycles. The van der Waals surface area contributed by atoms with Gasteiger partial charge in [-0.1, -0.05) is 24.3 Å². The standard InChI is InChI=1S/C29H34N2O8/c1-36-27-17-20(5-9-25(27)38-16-15-32)3-7-23(33)19-24(34)8-4-21-6-10-26(28(18-21)37-2)39-29(35)31-13-11-22(30)12-14-31/h3-10,17-18,22,32H,11-16,19,30H2,1-2H3/b7-3+,8-4+. The number of ether oxygens (including phenoxy) is 4. The van der Waals surface area contributed by atoms with Gasteiger partial charge in [0.15, 0.2) is 34.6 Å². The molecule has 2 aromatic rings. The molecule has 0 bridgehead atoms. The third-order valence-corrected chi connectivity index (χ3v) is 5.99. The van der Waals surface area contributed by atoms with Crippen LogP contribution in [0.5, 0.6) is 23.0 Å². The second-order valence-corrected chi connectivity index (χ2v) is 8.86. The highest BCUT2D eigenvalue weighted by molar-refractivity contribution is 6.10. The number of amides is 1. The topological polar surface area (TPSA) is 138 Å². The van der Waals surface area contributed by atoms with E-state index in [0.29, 0.717) is 41.5 Å². The number of allylic oxidation sites excluding steroid dienone is 2. The largest absolute Gasteiger partial charge is 0.493 e. The predicted octanol–water partition coefficient (Wildman–Crippen LogP) is 3.25. The van der Waals surface area contributed by atoms with E-state index in [9.17, 15) is 14.4 Å². The Labute approximate surface area is 227 Å². The molecular weight excluding hydrogens is 504 g/mol. The molecule has 1 heterocycles. The Morgan fingerprint density at radius 2 is 1.44 bits per heavy atom. The monoisotopic (exact) mass is 538 g/mol. The number of aliphatic hydroxyl groups excluding tert-OH is 1. The number of aliphatic hydroxyl groups is 1. The van der Waals surface area contributed by atoms with Gasteiger partial charge in [-0.05, 0) is 60.4 Å². The van der Waals surface area contributed by atoms with E-state index in [4.69, 9.17) is 29.8 Å². The summed E-state index contributed by atoms with van der Waals surface area (Å²) in [6, 6.07) is 10.1. The zero-order chi connectivity index (χ0) is 28.2. The van der Waals surface area contributed by atoms with Gasteiger partial charge in [-0.2, -0.15) is 0 Å². The van der Waals surface area contributed by atoms with E-state index in [-0.39, 0.29) is 43.0 Å². The van der Waals surface area contributed by atoms with Crippen molar-refractivity contribution in [1.82, 2.24) is 4.90 Å². The van der Waals surface area contributed by atoms with Crippen LogP contribution < -0.4 is 24.7 Å². The van der Waals surface area contributed by atoms with Crippen molar-refractivity contribution in [2.24, 2.45) is 5.73 Å². The van der Waals surface area contributed by atoms with Crippen LogP contribution in [-0.4, -0.2) is 74.2 Å². The van der Waals surface area contributed by atoms with Crippen LogP contribution in [0, 0.1) is 0 Å². The Balaban J connectivity index is 1.55. The molecular formula is C29H34N2O8. The van der Waals surface area contributed by atoms with E-state index in [1.807, 2.05) is 0 Å². The summed E-state index contributed by atoms with van der Waals surface area (Å²) in [6.45, 7) is 1.10. The third-order valence-electron chi connectivity index (χ3n) is 5.99. The summed E-state index contributed by atoms with van der Waals surface area (Å²) >= 11 is 0. The summed E-state index contributed by atoms with van der Waals surface area (Å²) in [6.07, 6.45) is 6.49. The smallest absolute Gasteiger partial charge is 0.415 e. The summed E-state index contributed by atoms with van der Waals surface area (Å²) in [5, 5.41) is 8.90. The molecule has 3 N–H and O–H groups in total. The number of nitrogens with zero attached hydrogens (tertiary/aromatic N) is 1. The van der Waals surface area contributed by atoms with Gasteiger partial charge in [-0.15, -0.1) is 0 Å². The van der Waals surface area contributed by atoms with E-state index in [1.54, 1.807) is 53.5 Å². The highest BCUT2D eigenvalue weighted by atomic mass is 16.6. The number of ketones is 2. The Morgan fingerprint density at radius 3 is 1.97 bits per heavy atom. The number of methoxy groups -OCH3 is 2. The Kier molecular flexibility index (Phi) is 11.1. The Morgan fingerprint density at radius 1 is 0.897 bits per heavy atom. The summed E-state index contributed by atoms with van der Waals surface area (Å²) in [5.74, 6) is 0.824. The first kappa shape index (κ1) is 29.4. The van der Waals surface area contributed by atoms with Crippen molar-refractivity contribution in [1.29, 1.82) is 0 Å². The minimum Gasteiger partial charge on any atom is -0.493 e. The maximum absolute atomic E-state index is 12.5. The van der Waals surface area contributed by atoms with Crippen molar-refractivity contribution < 1.29 is 38.4 Å². The molecule has 1 aliphatic heterocycles. The minimum absolute atomic E-state index is 0.101. The van der Waals surface area contributed by atoms with Crippen molar-refractivity contribution in [3.63, 3.8) is 0 Å². The van der Waals surface area contributed by atoms with Gasteiger partial charge in [0.2, 0.25) is 0 Å². The SMILES string of the molecule is COc1cc(/C=C/C(=O)CC(=O)/C=C/c2ccc(OC(=O)N3CCC(N)CC3)c(OC)c2)ccc1OCCO. The molecule has 0 spiro atoms. The first-order valence-corrected chi connectivity index (χ1v) is 12.6. The number of benzene rings is 2. The van der Waals surface area contributed by atoms with Crippen LogP contribution in [-0.2, 0) is 9.59 Å². The lowest BCUT2D eigenvalue weighted by molar-refractivity contribution is -0.121. The lowest BCUT2D eigenvalue weighted by Crippen LogP contribution is -2.44. The Bertz CT molecular complexity index is 1220. The molecule has 1 aliphatic rings. The van der Waals surface area contributed by atoms with Crippen molar-refractivity contribution in [3.8, 4) is 23.0 Å². The summed E-state index contributed by atoms with van der Waals surface area (Å²) in [7, 11) is 2.95. The molecule has 0 atom stereocenters. The van der Waals surface area contributed by atoms with Crippen LogP contribution in [0.1, 0.15) is 30.4 Å². The van der Waals surface area contributed by atoms with E-state index in [2.05, 4.69) is 0 Å². The maximum Gasteiger partial charge on any atom is 0.415 e. The minimum atomic E-state index is -0.463. The fourth-order valence-electron chi connectivity index (χ4n) is 3.84. The van der Waals surface area contributed by atoms with Gasteiger partial charge in [0.05, 0.1) is 27.2 Å². The molecule has 10 nitrogen and oxygen atoms in total. The molecule has 1 fully saturated rings. The van der Waals surface area contributed by atoms with Crippen LogP contribution >= 0.6 is 0 Å². The first-order valence-electron chi connectivity index (χ1n) is 12.6. The second kappa shape index (κ2) is 14.7. The highest BCUT2D eigenvalue weighted by Crippen LogP contribution is 2.30. The fraction of sp³-hybridized carbons (Fsp3) is 0.345. The molecule has 39 heavy (non-hydrogen) atoms. The molecule has 1 saturated heterocycles. The van der Waals surface area contributed by atoms with E-state index in [0.717, 1.165) is 12.8 Å². The first-order chi connectivity index (χ1) is 18.8. The molecule has 1 amide bonds. The molecule has 0 radical (unpaired) electrons. The number of hydrogen-bond acceptors (Lipinski definition) is 9. The predicted molar refractivity (Wildman–Crippen MR) is 146 cm³/mol. The molecule has 10 heteroatoms. The van der Waals surface area contributed by atoms with E-state index in [1.165, 1.54) is 26.4 Å². The average Bonchev–Trinajstić information content (AvgIpc) is 2.94. The van der Waals surface area contributed by atoms with Gasteiger partial charge < -0.3 is 34.7 Å². The van der Waals surface area contributed by atoms with Gasteiger partial charge >= 0.3 is 6.09 Å². The average molecular weight is 539 g/mol. The molecule has 0 unspecified atom stereocenters. The van der Waals surface area contributed by atoms with Gasteiger partial charge in [0.1, 0.15) is 6.61 Å². The van der Waals surface area contributed by atoms with Crippen LogP contribution in [0.25, 0.3) is 12.2 Å². The Hall–Kier alpha value is -4.15. The lowest BCUT2D eigenvalue weighted by atomic mass is 10.1. The normalized spacial score (nSPS) is 14.0.